The van der Waals surface area contributed by atoms with Crippen LogP contribution in [0.5, 0.6) is 5.75 Å². The molecule has 142 valence electrons. The quantitative estimate of drug-likeness (QED) is 0.793. The molecule has 0 bridgehead atoms. The van der Waals surface area contributed by atoms with E-state index in [-0.39, 0.29) is 36.3 Å². The minimum absolute atomic E-state index is 0.0155. The third kappa shape index (κ3) is 4.87. The summed E-state index contributed by atoms with van der Waals surface area (Å²) in [6, 6.07) is 7.13. The third-order valence-corrected chi connectivity index (χ3v) is 4.40. The highest BCUT2D eigenvalue weighted by molar-refractivity contribution is 5.84. The lowest BCUT2D eigenvalue weighted by Gasteiger charge is -2.19. The number of ether oxygens (including phenoxy) is 1. The van der Waals surface area contributed by atoms with Crippen molar-refractivity contribution in [2.45, 2.75) is 18.9 Å². The lowest BCUT2D eigenvalue weighted by atomic mass is 9.94. The zero-order valence-corrected chi connectivity index (χ0v) is 15.6. The lowest BCUT2D eigenvalue weighted by molar-refractivity contribution is -0.129. The molecule has 0 spiro atoms. The molecule has 8 heteroatoms. The largest absolute Gasteiger partial charge is 0.497 e. The SMILES string of the molecule is COc1ccc([C@@H]2CN(C(=O)CNC(=O)N(C)C)C[C@H]2NC(C)=O)cc1. The van der Waals surface area contributed by atoms with Crippen molar-refractivity contribution in [2.75, 3.05) is 40.8 Å². The Morgan fingerprint density at radius 2 is 1.85 bits per heavy atom. The van der Waals surface area contributed by atoms with Gasteiger partial charge in [-0.2, -0.15) is 0 Å². The number of amides is 4. The van der Waals surface area contributed by atoms with Crippen LogP contribution in [0.1, 0.15) is 18.4 Å². The minimum atomic E-state index is -0.317. The molecule has 26 heavy (non-hydrogen) atoms. The summed E-state index contributed by atoms with van der Waals surface area (Å²) in [5.74, 6) is 0.427. The average molecular weight is 362 g/mol. The van der Waals surface area contributed by atoms with E-state index in [1.165, 1.54) is 11.8 Å². The Morgan fingerprint density at radius 1 is 1.19 bits per heavy atom. The van der Waals surface area contributed by atoms with Crippen LogP contribution in [0.2, 0.25) is 0 Å². The van der Waals surface area contributed by atoms with Gasteiger partial charge in [-0.25, -0.2) is 4.79 Å². The fraction of sp³-hybridized carbons (Fsp3) is 0.500. The summed E-state index contributed by atoms with van der Waals surface area (Å²) in [6.07, 6.45) is 0. The first kappa shape index (κ1) is 19.6. The summed E-state index contributed by atoms with van der Waals surface area (Å²) in [7, 11) is 4.83. The normalized spacial score (nSPS) is 19.0. The van der Waals surface area contributed by atoms with Crippen LogP contribution in [0, 0.1) is 0 Å². The molecule has 1 aromatic rings. The van der Waals surface area contributed by atoms with Gasteiger partial charge in [-0.1, -0.05) is 12.1 Å². The summed E-state index contributed by atoms with van der Waals surface area (Å²) in [4.78, 5) is 38.6. The van der Waals surface area contributed by atoms with E-state index in [0.717, 1.165) is 11.3 Å². The van der Waals surface area contributed by atoms with Gasteiger partial charge in [0.25, 0.3) is 0 Å². The number of benzene rings is 1. The van der Waals surface area contributed by atoms with Crippen molar-refractivity contribution in [3.05, 3.63) is 29.8 Å². The molecule has 1 heterocycles. The van der Waals surface area contributed by atoms with E-state index in [2.05, 4.69) is 10.6 Å². The summed E-state index contributed by atoms with van der Waals surface area (Å²) in [5.41, 5.74) is 1.03. The molecule has 0 aliphatic carbocycles. The van der Waals surface area contributed by atoms with Gasteiger partial charge in [-0.05, 0) is 17.7 Å². The predicted molar refractivity (Wildman–Crippen MR) is 97.0 cm³/mol. The van der Waals surface area contributed by atoms with Crippen molar-refractivity contribution in [3.8, 4) is 5.75 Å². The number of hydrogen-bond acceptors (Lipinski definition) is 4. The Bertz CT molecular complexity index is 660. The van der Waals surface area contributed by atoms with Crippen LogP contribution in [-0.4, -0.2) is 74.5 Å². The van der Waals surface area contributed by atoms with Crippen LogP contribution >= 0.6 is 0 Å². The predicted octanol–water partition coefficient (Wildman–Crippen LogP) is 0.397. The third-order valence-electron chi connectivity index (χ3n) is 4.40. The first-order chi connectivity index (χ1) is 12.3. The fourth-order valence-electron chi connectivity index (χ4n) is 3.02. The number of likely N-dealkylation sites (tertiary alicyclic amines) is 1. The second-order valence-corrected chi connectivity index (χ2v) is 6.54. The summed E-state index contributed by atoms with van der Waals surface area (Å²) in [5, 5.41) is 5.50. The number of hydrogen-bond donors (Lipinski definition) is 2. The molecule has 8 nitrogen and oxygen atoms in total. The van der Waals surface area contributed by atoms with Crippen LogP contribution in [-0.2, 0) is 9.59 Å². The molecule has 4 amide bonds. The highest BCUT2D eigenvalue weighted by Crippen LogP contribution is 2.29. The van der Waals surface area contributed by atoms with Crippen LogP contribution in [0.15, 0.2) is 24.3 Å². The number of nitrogens with zero attached hydrogens (tertiary/aromatic N) is 2. The van der Waals surface area contributed by atoms with E-state index in [1.807, 2.05) is 24.3 Å². The van der Waals surface area contributed by atoms with E-state index in [9.17, 15) is 14.4 Å². The Balaban J connectivity index is 2.08. The maximum Gasteiger partial charge on any atom is 0.317 e. The van der Waals surface area contributed by atoms with Gasteiger partial charge in [0.05, 0.1) is 19.7 Å². The first-order valence-corrected chi connectivity index (χ1v) is 8.45. The molecule has 2 rings (SSSR count). The molecular formula is C18H26N4O4. The molecule has 2 atom stereocenters. The standard InChI is InChI=1S/C18H26N4O4/c1-12(23)20-16-11-22(17(24)9-19-18(25)21(2)3)10-15(16)13-5-7-14(26-4)8-6-13/h5-8,15-16H,9-11H2,1-4H3,(H,19,25)(H,20,23)/t15-,16+/m0/s1. The second kappa shape index (κ2) is 8.55. The highest BCUT2D eigenvalue weighted by atomic mass is 16.5. The lowest BCUT2D eigenvalue weighted by Crippen LogP contribution is -2.44. The molecule has 0 unspecified atom stereocenters. The van der Waals surface area contributed by atoms with E-state index < -0.39 is 0 Å². The summed E-state index contributed by atoms with van der Waals surface area (Å²) in [6.45, 7) is 2.28. The second-order valence-electron chi connectivity index (χ2n) is 6.54. The van der Waals surface area contributed by atoms with Gasteiger partial charge in [-0.3, -0.25) is 9.59 Å². The average Bonchev–Trinajstić information content (AvgIpc) is 3.02. The van der Waals surface area contributed by atoms with Gasteiger partial charge in [0.15, 0.2) is 0 Å². The van der Waals surface area contributed by atoms with Gasteiger partial charge in [0.1, 0.15) is 5.75 Å². The summed E-state index contributed by atoms with van der Waals surface area (Å²) >= 11 is 0. The topological polar surface area (TPSA) is 91.0 Å². The molecule has 1 saturated heterocycles. The van der Waals surface area contributed by atoms with Crippen LogP contribution in [0.25, 0.3) is 0 Å². The van der Waals surface area contributed by atoms with Crippen molar-refractivity contribution in [1.82, 2.24) is 20.4 Å². The smallest absolute Gasteiger partial charge is 0.317 e. The molecule has 1 fully saturated rings. The van der Waals surface area contributed by atoms with Crippen molar-refractivity contribution in [3.63, 3.8) is 0 Å². The zero-order chi connectivity index (χ0) is 19.3. The minimum Gasteiger partial charge on any atom is -0.497 e. The Kier molecular flexibility index (Phi) is 6.43. The molecule has 2 N–H and O–H groups in total. The molecule has 0 radical (unpaired) electrons. The number of carbonyl (C=O) groups is 3. The Hall–Kier alpha value is -2.77. The molecular weight excluding hydrogens is 336 g/mol. The van der Waals surface area contributed by atoms with Crippen LogP contribution in [0.3, 0.4) is 0 Å². The van der Waals surface area contributed by atoms with E-state index in [0.29, 0.717) is 13.1 Å². The molecule has 1 aromatic carbocycles. The van der Waals surface area contributed by atoms with Crippen molar-refractivity contribution < 1.29 is 19.1 Å². The number of carbonyl (C=O) groups excluding carboxylic acids is 3. The van der Waals surface area contributed by atoms with Gasteiger partial charge in [0, 0.05) is 40.0 Å². The van der Waals surface area contributed by atoms with Gasteiger partial charge >= 0.3 is 6.03 Å². The Morgan fingerprint density at radius 3 is 2.38 bits per heavy atom. The molecule has 0 saturated carbocycles. The number of urea groups is 1. The van der Waals surface area contributed by atoms with Gasteiger partial charge < -0.3 is 25.2 Å². The van der Waals surface area contributed by atoms with Crippen molar-refractivity contribution in [1.29, 1.82) is 0 Å². The maximum atomic E-state index is 12.4. The summed E-state index contributed by atoms with van der Waals surface area (Å²) < 4.78 is 5.18. The Labute approximate surface area is 153 Å². The zero-order valence-electron chi connectivity index (χ0n) is 15.6. The number of nitrogens with one attached hydrogen (secondary N) is 2. The van der Waals surface area contributed by atoms with Gasteiger partial charge in [0.2, 0.25) is 11.8 Å². The first-order valence-electron chi connectivity index (χ1n) is 8.45. The van der Waals surface area contributed by atoms with E-state index >= 15 is 0 Å². The van der Waals surface area contributed by atoms with E-state index in [1.54, 1.807) is 26.1 Å². The van der Waals surface area contributed by atoms with Crippen molar-refractivity contribution >= 4 is 17.8 Å². The van der Waals surface area contributed by atoms with Gasteiger partial charge in [-0.15, -0.1) is 0 Å². The molecule has 1 aliphatic rings. The fourth-order valence-corrected chi connectivity index (χ4v) is 3.02. The number of methoxy groups -OCH3 is 1. The monoisotopic (exact) mass is 362 g/mol. The molecule has 0 aromatic heterocycles. The maximum absolute atomic E-state index is 12.4. The van der Waals surface area contributed by atoms with Crippen LogP contribution in [0.4, 0.5) is 4.79 Å². The van der Waals surface area contributed by atoms with E-state index in [4.69, 9.17) is 4.74 Å². The van der Waals surface area contributed by atoms with Crippen LogP contribution < -0.4 is 15.4 Å². The molecule has 1 aliphatic heterocycles. The van der Waals surface area contributed by atoms with Crippen molar-refractivity contribution in [2.24, 2.45) is 0 Å². The number of rotatable bonds is 5. The highest BCUT2D eigenvalue weighted by Gasteiger charge is 2.36.